The molecule has 9 nitrogen and oxygen atoms in total. The molecular formula is C44H50F3N7O2Si. The van der Waals surface area contributed by atoms with Gasteiger partial charge in [0.15, 0.2) is 5.82 Å². The van der Waals surface area contributed by atoms with E-state index in [4.69, 9.17) is 4.43 Å². The fourth-order valence-electron chi connectivity index (χ4n) is 9.04. The highest BCUT2D eigenvalue weighted by Crippen LogP contribution is 2.41. The molecule has 6 aromatic rings. The second kappa shape index (κ2) is 15.2. The molecular weight excluding hydrogens is 744 g/mol. The smallest absolute Gasteiger partial charge is 0.402 e. The molecule has 1 unspecified atom stereocenters. The zero-order valence-electron chi connectivity index (χ0n) is 33.2. The van der Waals surface area contributed by atoms with Gasteiger partial charge in [0.2, 0.25) is 0 Å². The summed E-state index contributed by atoms with van der Waals surface area (Å²) in [5.74, 6) is 1.18. The van der Waals surface area contributed by atoms with Crippen molar-refractivity contribution in [2.45, 2.75) is 70.4 Å². The van der Waals surface area contributed by atoms with Crippen LogP contribution in [0.15, 0.2) is 115 Å². The van der Waals surface area contributed by atoms with E-state index in [1.54, 1.807) is 18.6 Å². The number of pyridine rings is 1. The van der Waals surface area contributed by atoms with Gasteiger partial charge in [-0.15, -0.1) is 10.2 Å². The highest BCUT2D eigenvalue weighted by atomic mass is 28.4. The molecule has 0 bridgehead atoms. The summed E-state index contributed by atoms with van der Waals surface area (Å²) in [4.78, 5) is 18.5. The highest BCUT2D eigenvalue weighted by molar-refractivity contribution is 6.99. The first-order chi connectivity index (χ1) is 27.2. The molecule has 3 aromatic heterocycles. The Balaban J connectivity index is 1.13. The van der Waals surface area contributed by atoms with E-state index < -0.39 is 25.7 Å². The SMILES string of the molecule is C[C@H]1CCCN(Cc2cc(C(F)(F)F)c3cn(-c4cccc(C(c5nncn5C)N5CC(O[Si](c6ccccc6)(c6ccccc6)C(C)(C)C)C5)c4)c(=O)n3c2)C1. The van der Waals surface area contributed by atoms with Crippen LogP contribution < -0.4 is 16.1 Å². The first-order valence-electron chi connectivity index (χ1n) is 19.8. The van der Waals surface area contributed by atoms with Gasteiger partial charge in [-0.25, -0.2) is 4.79 Å². The maximum atomic E-state index is 14.6. The molecule has 3 aromatic carbocycles. The van der Waals surface area contributed by atoms with Crippen LogP contribution >= 0.6 is 0 Å². The molecule has 13 heteroatoms. The molecule has 0 amide bonds. The van der Waals surface area contributed by atoms with E-state index in [0.29, 0.717) is 42.6 Å². The summed E-state index contributed by atoms with van der Waals surface area (Å²) < 4.78 is 55.6. The second-order valence-electron chi connectivity index (χ2n) is 16.9. The molecule has 0 N–H and O–H groups in total. The van der Waals surface area contributed by atoms with Gasteiger partial charge in [0.1, 0.15) is 6.33 Å². The molecule has 0 aliphatic carbocycles. The molecule has 0 spiro atoms. The number of likely N-dealkylation sites (tertiary alicyclic amines) is 2. The van der Waals surface area contributed by atoms with Crippen molar-refractivity contribution in [3.8, 4) is 5.69 Å². The highest BCUT2D eigenvalue weighted by Gasteiger charge is 2.53. The van der Waals surface area contributed by atoms with E-state index in [1.807, 2.05) is 41.9 Å². The Labute approximate surface area is 332 Å². The van der Waals surface area contributed by atoms with E-state index in [9.17, 15) is 18.0 Å². The van der Waals surface area contributed by atoms with Crippen LogP contribution in [-0.2, 0) is 24.2 Å². The van der Waals surface area contributed by atoms with Crippen LogP contribution in [0.3, 0.4) is 0 Å². The number of alkyl halides is 3. The standard InChI is InChI=1S/C44H50F3N7O2Si/c1-31-14-13-21-51(24-31)25-32-22-38(44(45,46)47)39-29-53(42(55)54(39)26-32)34-16-12-15-33(23-34)40(41-49-48-30-50(41)5)52-27-35(28-52)56-57(43(2,3)4,36-17-8-6-9-18-36)37-19-10-7-11-20-37/h6-12,15-20,22-23,26,29-31,35,40H,13-14,21,24-25,27-28H2,1-5H3/t31-,40?/m0/s1. The van der Waals surface area contributed by atoms with Crippen molar-refractivity contribution < 1.29 is 17.6 Å². The molecule has 0 radical (unpaired) electrons. The van der Waals surface area contributed by atoms with Gasteiger partial charge in [0, 0.05) is 45.6 Å². The minimum Gasteiger partial charge on any atom is -0.402 e. The largest absolute Gasteiger partial charge is 0.418 e. The summed E-state index contributed by atoms with van der Waals surface area (Å²) in [5, 5.41) is 11.0. The molecule has 57 heavy (non-hydrogen) atoms. The summed E-state index contributed by atoms with van der Waals surface area (Å²) in [6.07, 6.45) is 1.94. The van der Waals surface area contributed by atoms with Gasteiger partial charge < -0.3 is 8.99 Å². The average Bonchev–Trinajstić information content (AvgIpc) is 3.74. The van der Waals surface area contributed by atoms with E-state index in [0.717, 1.165) is 35.9 Å². The lowest BCUT2D eigenvalue weighted by Crippen LogP contribution is -2.71. The molecule has 5 heterocycles. The summed E-state index contributed by atoms with van der Waals surface area (Å²) in [5.41, 5.74) is 0.220. The van der Waals surface area contributed by atoms with Crippen molar-refractivity contribution in [2.75, 3.05) is 26.2 Å². The monoisotopic (exact) mass is 793 g/mol. The first-order valence-corrected chi connectivity index (χ1v) is 21.7. The van der Waals surface area contributed by atoms with Crippen LogP contribution in [0.2, 0.25) is 5.04 Å². The molecule has 8 rings (SSSR count). The van der Waals surface area contributed by atoms with Crippen LogP contribution in [0.4, 0.5) is 13.2 Å². The number of piperidine rings is 1. The lowest BCUT2D eigenvalue weighted by atomic mass is 9.99. The number of hydrogen-bond acceptors (Lipinski definition) is 6. The third-order valence-corrected chi connectivity index (χ3v) is 16.8. The number of hydrogen-bond donors (Lipinski definition) is 0. The van der Waals surface area contributed by atoms with Gasteiger partial charge in [-0.05, 0) is 70.0 Å². The second-order valence-corrected chi connectivity index (χ2v) is 21.2. The van der Waals surface area contributed by atoms with Gasteiger partial charge in [0.05, 0.1) is 28.9 Å². The zero-order chi connectivity index (χ0) is 40.1. The fourth-order valence-corrected chi connectivity index (χ4v) is 13.7. The number of aromatic nitrogens is 5. The Hall–Kier alpha value is -4.82. The summed E-state index contributed by atoms with van der Waals surface area (Å²) in [6, 6.07) is 29.4. The van der Waals surface area contributed by atoms with Crippen molar-refractivity contribution in [2.24, 2.45) is 13.0 Å². The Bertz CT molecular complexity index is 2360. The lowest BCUT2D eigenvalue weighted by molar-refractivity contribution is -0.136. The minimum absolute atomic E-state index is 0.0715. The Morgan fingerprint density at radius 2 is 1.58 bits per heavy atom. The van der Waals surface area contributed by atoms with Crippen molar-refractivity contribution in [3.63, 3.8) is 0 Å². The number of nitrogens with zero attached hydrogens (tertiary/aromatic N) is 7. The van der Waals surface area contributed by atoms with Gasteiger partial charge in [-0.1, -0.05) is 100 Å². The van der Waals surface area contributed by atoms with Gasteiger partial charge in [-0.3, -0.25) is 18.8 Å². The van der Waals surface area contributed by atoms with Crippen molar-refractivity contribution in [1.82, 2.24) is 33.5 Å². The first kappa shape index (κ1) is 39.0. The molecule has 2 saturated heterocycles. The maximum absolute atomic E-state index is 14.6. The van der Waals surface area contributed by atoms with Gasteiger partial charge in [0.25, 0.3) is 8.32 Å². The van der Waals surface area contributed by atoms with E-state index >= 15 is 0 Å². The number of rotatable bonds is 10. The molecule has 2 aliphatic heterocycles. The molecule has 2 aliphatic rings. The summed E-state index contributed by atoms with van der Waals surface area (Å²) in [6.45, 7) is 12.2. The minimum atomic E-state index is -4.64. The number of aryl methyl sites for hydroxylation is 1. The van der Waals surface area contributed by atoms with Crippen LogP contribution in [-0.4, -0.2) is 74.1 Å². The van der Waals surface area contributed by atoms with Crippen LogP contribution in [0.1, 0.15) is 69.1 Å². The van der Waals surface area contributed by atoms with E-state index in [2.05, 4.69) is 96.2 Å². The predicted octanol–water partition coefficient (Wildman–Crippen LogP) is 6.82. The maximum Gasteiger partial charge on any atom is 0.418 e. The van der Waals surface area contributed by atoms with E-state index in [-0.39, 0.29) is 22.7 Å². The Morgan fingerprint density at radius 3 is 2.18 bits per heavy atom. The quantitative estimate of drug-likeness (QED) is 0.142. The Morgan fingerprint density at radius 1 is 0.895 bits per heavy atom. The number of imidazole rings is 1. The molecule has 2 fully saturated rings. The fraction of sp³-hybridized carbons (Fsp3) is 0.386. The number of fused-ring (bicyclic) bond motifs is 1. The molecule has 0 saturated carbocycles. The Kier molecular flexibility index (Phi) is 10.4. The lowest BCUT2D eigenvalue weighted by Gasteiger charge is -2.51. The van der Waals surface area contributed by atoms with Crippen LogP contribution in [0, 0.1) is 5.92 Å². The summed E-state index contributed by atoms with van der Waals surface area (Å²) >= 11 is 0. The predicted molar refractivity (Wildman–Crippen MR) is 219 cm³/mol. The van der Waals surface area contributed by atoms with Crippen LogP contribution in [0.5, 0.6) is 0 Å². The zero-order valence-corrected chi connectivity index (χ0v) is 34.2. The van der Waals surface area contributed by atoms with Gasteiger partial charge in [-0.2, -0.15) is 13.2 Å². The van der Waals surface area contributed by atoms with Crippen molar-refractivity contribution in [1.29, 1.82) is 0 Å². The third kappa shape index (κ3) is 7.42. The van der Waals surface area contributed by atoms with Crippen molar-refractivity contribution in [3.05, 3.63) is 143 Å². The summed E-state index contributed by atoms with van der Waals surface area (Å²) in [7, 11) is -0.903. The number of halogens is 3. The average molecular weight is 794 g/mol. The molecule has 2 atom stereocenters. The van der Waals surface area contributed by atoms with Crippen LogP contribution in [0.25, 0.3) is 11.2 Å². The third-order valence-electron chi connectivity index (χ3n) is 11.7. The molecule has 298 valence electrons. The van der Waals surface area contributed by atoms with Crippen molar-refractivity contribution >= 4 is 24.2 Å². The van der Waals surface area contributed by atoms with Gasteiger partial charge >= 0.3 is 11.9 Å². The van der Waals surface area contributed by atoms with E-state index in [1.165, 1.54) is 27.2 Å². The topological polar surface area (TPSA) is 72.8 Å². The number of benzene rings is 3. The normalized spacial score (nSPS) is 18.2.